The van der Waals surface area contributed by atoms with Crippen molar-refractivity contribution in [3.8, 4) is 0 Å². The number of carbonyl (C=O) groups is 3. The normalized spacial score (nSPS) is 11.9. The van der Waals surface area contributed by atoms with Crippen molar-refractivity contribution in [3.05, 3.63) is 22.5 Å². The summed E-state index contributed by atoms with van der Waals surface area (Å²) in [6, 6.07) is 0. The zero-order valence-corrected chi connectivity index (χ0v) is 14.1. The monoisotopic (exact) mass is 325 g/mol. The van der Waals surface area contributed by atoms with Crippen molar-refractivity contribution >= 4 is 17.7 Å². The lowest BCUT2D eigenvalue weighted by atomic mass is 10.1. The van der Waals surface area contributed by atoms with Gasteiger partial charge in [-0.15, -0.1) is 0 Å². The van der Waals surface area contributed by atoms with E-state index in [2.05, 4.69) is 4.98 Å². The summed E-state index contributed by atoms with van der Waals surface area (Å²) in [4.78, 5) is 38.7. The average molecular weight is 325 g/mol. The summed E-state index contributed by atoms with van der Waals surface area (Å²) in [5.74, 6) is -1.51. The number of hydrogen-bond donors (Lipinski definition) is 1. The molecule has 7 heteroatoms. The van der Waals surface area contributed by atoms with Crippen molar-refractivity contribution in [3.63, 3.8) is 0 Å². The van der Waals surface area contributed by atoms with E-state index in [0.29, 0.717) is 23.4 Å². The van der Waals surface area contributed by atoms with E-state index in [0.717, 1.165) is 0 Å². The fraction of sp³-hybridized carbons (Fsp3) is 0.562. The molecule has 1 N–H and O–H groups in total. The molecule has 0 fully saturated rings. The second-order valence-corrected chi connectivity index (χ2v) is 4.98. The van der Waals surface area contributed by atoms with Crippen LogP contribution < -0.4 is 0 Å². The molecule has 0 spiro atoms. The summed E-state index contributed by atoms with van der Waals surface area (Å²) in [6.07, 6.45) is -0.977. The third-order valence-electron chi connectivity index (χ3n) is 3.26. The quantitative estimate of drug-likeness (QED) is 0.580. The van der Waals surface area contributed by atoms with Crippen LogP contribution in [0.5, 0.6) is 0 Å². The third kappa shape index (κ3) is 4.66. The maximum atomic E-state index is 12.4. The van der Waals surface area contributed by atoms with E-state index in [1.165, 1.54) is 6.92 Å². The molecule has 1 aromatic rings. The molecule has 23 heavy (non-hydrogen) atoms. The maximum absolute atomic E-state index is 12.4. The minimum atomic E-state index is -0.977. The van der Waals surface area contributed by atoms with Crippen LogP contribution in [-0.2, 0) is 19.0 Å². The number of aromatic amines is 1. The Morgan fingerprint density at radius 3 is 2.35 bits per heavy atom. The first-order valence-corrected chi connectivity index (χ1v) is 7.51. The van der Waals surface area contributed by atoms with E-state index in [1.54, 1.807) is 27.7 Å². The minimum absolute atomic E-state index is 0.203. The summed E-state index contributed by atoms with van der Waals surface area (Å²) in [5.41, 5.74) is 1.60. The number of ketones is 1. The molecular weight excluding hydrogens is 302 g/mol. The number of rotatable bonds is 8. The van der Waals surface area contributed by atoms with Crippen LogP contribution in [0.3, 0.4) is 0 Å². The van der Waals surface area contributed by atoms with Gasteiger partial charge in [0.1, 0.15) is 6.61 Å². The molecule has 0 aliphatic heterocycles. The number of H-pyrrole nitrogens is 1. The third-order valence-corrected chi connectivity index (χ3v) is 3.26. The molecule has 0 saturated heterocycles. The molecule has 0 saturated carbocycles. The number of aromatic nitrogens is 1. The topological polar surface area (TPSA) is 94.7 Å². The number of aryl methyl sites for hydroxylation is 1. The zero-order chi connectivity index (χ0) is 17.6. The molecule has 0 radical (unpaired) electrons. The molecule has 1 heterocycles. The molecule has 0 unspecified atom stereocenters. The fourth-order valence-electron chi connectivity index (χ4n) is 2.18. The largest absolute Gasteiger partial charge is 0.462 e. The molecule has 7 nitrogen and oxygen atoms in total. The predicted octanol–water partition coefficient (Wildman–Crippen LogP) is 1.96. The Kier molecular flexibility index (Phi) is 6.96. The van der Waals surface area contributed by atoms with Crippen molar-refractivity contribution in [2.24, 2.45) is 0 Å². The highest BCUT2D eigenvalue weighted by molar-refractivity contribution is 6.03. The number of hydrogen-bond acceptors (Lipinski definition) is 6. The summed E-state index contributed by atoms with van der Waals surface area (Å²) < 4.78 is 14.9. The van der Waals surface area contributed by atoms with E-state index in [9.17, 15) is 14.4 Å². The van der Waals surface area contributed by atoms with Gasteiger partial charge in [-0.1, -0.05) is 0 Å². The van der Waals surface area contributed by atoms with Crippen LogP contribution in [-0.4, -0.2) is 48.6 Å². The molecule has 1 aromatic heterocycles. The molecule has 0 amide bonds. The van der Waals surface area contributed by atoms with Gasteiger partial charge < -0.3 is 19.2 Å². The number of Topliss-reactive ketones (excluding diaryl/α,β-unsaturated/α-hetero) is 1. The second-order valence-electron chi connectivity index (χ2n) is 4.98. The summed E-state index contributed by atoms with van der Waals surface area (Å²) in [7, 11) is 0. The lowest BCUT2D eigenvalue weighted by molar-refractivity contribution is -0.151. The van der Waals surface area contributed by atoms with Crippen LogP contribution >= 0.6 is 0 Å². The van der Waals surface area contributed by atoms with Crippen molar-refractivity contribution in [1.29, 1.82) is 0 Å². The Labute approximate surface area is 135 Å². The fourth-order valence-corrected chi connectivity index (χ4v) is 2.18. The lowest BCUT2D eigenvalue weighted by Gasteiger charge is -2.12. The average Bonchev–Trinajstić information content (AvgIpc) is 2.79. The van der Waals surface area contributed by atoms with Crippen LogP contribution in [0.4, 0.5) is 0 Å². The molecule has 0 aliphatic carbocycles. The number of nitrogens with one attached hydrogen (secondary N) is 1. The maximum Gasteiger partial charge on any atom is 0.340 e. The Morgan fingerprint density at radius 1 is 1.13 bits per heavy atom. The van der Waals surface area contributed by atoms with E-state index in [1.807, 2.05) is 0 Å². The Bertz CT molecular complexity index is 590. The number of ether oxygens (including phenoxy) is 3. The molecule has 128 valence electrons. The van der Waals surface area contributed by atoms with Gasteiger partial charge in [-0.05, 0) is 40.2 Å². The minimum Gasteiger partial charge on any atom is -0.462 e. The van der Waals surface area contributed by atoms with E-state index in [-0.39, 0.29) is 18.9 Å². The highest BCUT2D eigenvalue weighted by Gasteiger charge is 2.27. The number of esters is 2. The van der Waals surface area contributed by atoms with Gasteiger partial charge in [0, 0.05) is 12.3 Å². The molecule has 0 aliphatic rings. The van der Waals surface area contributed by atoms with Crippen molar-refractivity contribution in [2.45, 2.75) is 40.7 Å². The van der Waals surface area contributed by atoms with E-state index < -0.39 is 23.8 Å². The van der Waals surface area contributed by atoms with Gasteiger partial charge in [-0.2, -0.15) is 0 Å². The molecular formula is C16H23NO6. The first-order valence-electron chi connectivity index (χ1n) is 7.51. The standard InChI is InChI=1S/C16H23NO6/c1-6-21-8-12(18)23-11(5)15(19)14-9(3)13(10(4)17-14)16(20)22-7-2/h11,17H,6-8H2,1-5H3/t11-/m0/s1. The lowest BCUT2D eigenvalue weighted by Crippen LogP contribution is -2.27. The van der Waals surface area contributed by atoms with Gasteiger partial charge in [0.2, 0.25) is 5.78 Å². The molecule has 0 bridgehead atoms. The SMILES string of the molecule is CCOCC(=O)O[C@@H](C)C(=O)c1[nH]c(C)c(C(=O)OCC)c1C. The van der Waals surface area contributed by atoms with Gasteiger partial charge in [-0.3, -0.25) is 4.79 Å². The molecule has 0 aromatic carbocycles. The predicted molar refractivity (Wildman–Crippen MR) is 82.6 cm³/mol. The van der Waals surface area contributed by atoms with Gasteiger partial charge in [-0.25, -0.2) is 9.59 Å². The first-order chi connectivity index (χ1) is 10.8. The summed E-state index contributed by atoms with van der Waals surface area (Å²) in [5, 5.41) is 0. The van der Waals surface area contributed by atoms with Crippen LogP contribution in [0.25, 0.3) is 0 Å². The highest BCUT2D eigenvalue weighted by atomic mass is 16.6. The Morgan fingerprint density at radius 2 is 1.78 bits per heavy atom. The number of carbonyl (C=O) groups excluding carboxylic acids is 3. The van der Waals surface area contributed by atoms with E-state index in [4.69, 9.17) is 14.2 Å². The second kappa shape index (κ2) is 8.47. The molecule has 1 rings (SSSR count). The van der Waals surface area contributed by atoms with Crippen molar-refractivity contribution in [1.82, 2.24) is 4.98 Å². The van der Waals surface area contributed by atoms with Gasteiger partial charge in [0.05, 0.1) is 17.9 Å². The Balaban J connectivity index is 2.90. The van der Waals surface area contributed by atoms with Crippen molar-refractivity contribution < 1.29 is 28.6 Å². The van der Waals surface area contributed by atoms with E-state index >= 15 is 0 Å². The highest BCUT2D eigenvalue weighted by Crippen LogP contribution is 2.21. The van der Waals surface area contributed by atoms with Gasteiger partial charge in [0.25, 0.3) is 0 Å². The zero-order valence-electron chi connectivity index (χ0n) is 14.1. The van der Waals surface area contributed by atoms with Gasteiger partial charge in [0.15, 0.2) is 6.10 Å². The molecule has 1 atom stereocenters. The van der Waals surface area contributed by atoms with Gasteiger partial charge >= 0.3 is 11.9 Å². The van der Waals surface area contributed by atoms with Crippen LogP contribution in [0.2, 0.25) is 0 Å². The summed E-state index contributed by atoms with van der Waals surface area (Å²) in [6.45, 7) is 8.70. The van der Waals surface area contributed by atoms with Crippen LogP contribution in [0.1, 0.15) is 52.9 Å². The van der Waals surface area contributed by atoms with Crippen LogP contribution in [0.15, 0.2) is 0 Å². The van der Waals surface area contributed by atoms with Crippen molar-refractivity contribution in [2.75, 3.05) is 19.8 Å². The van der Waals surface area contributed by atoms with Crippen LogP contribution in [0, 0.1) is 13.8 Å². The Hall–Kier alpha value is -2.15. The smallest absolute Gasteiger partial charge is 0.340 e. The first kappa shape index (κ1) is 18.9. The summed E-state index contributed by atoms with van der Waals surface area (Å²) >= 11 is 0.